The highest BCUT2D eigenvalue weighted by Gasteiger charge is 2.29. The van der Waals surface area contributed by atoms with Crippen LogP contribution in [0.25, 0.3) is 0 Å². The van der Waals surface area contributed by atoms with Gasteiger partial charge in [-0.1, -0.05) is 0 Å². The standard InChI is InChI=1S/C14H18N4OS/c19-13(5-4-11-6-8-20-9-11)18-7-2-1-3-12(18)14-15-10-16-17-14/h6,8-10,12H,1-5,7H2,(H,15,16,17)/t12-/m1/s1. The predicted octanol–water partition coefficient (Wildman–Crippen LogP) is 2.55. The van der Waals surface area contributed by atoms with E-state index in [1.807, 2.05) is 4.90 Å². The number of piperidine rings is 1. The lowest BCUT2D eigenvalue weighted by molar-refractivity contribution is -0.135. The van der Waals surface area contributed by atoms with Crippen LogP contribution in [0, 0.1) is 0 Å². The summed E-state index contributed by atoms with van der Waals surface area (Å²) in [4.78, 5) is 18.7. The van der Waals surface area contributed by atoms with Crippen LogP contribution in [0.2, 0.25) is 0 Å². The average Bonchev–Trinajstić information content (AvgIpc) is 3.18. The number of thiophene rings is 1. The summed E-state index contributed by atoms with van der Waals surface area (Å²) in [5, 5.41) is 11.0. The van der Waals surface area contributed by atoms with Crippen LogP contribution < -0.4 is 0 Å². The summed E-state index contributed by atoms with van der Waals surface area (Å²) in [7, 11) is 0. The molecule has 1 fully saturated rings. The number of nitrogens with zero attached hydrogens (tertiary/aromatic N) is 3. The van der Waals surface area contributed by atoms with Crippen molar-refractivity contribution in [2.45, 2.75) is 38.1 Å². The normalized spacial score (nSPS) is 19.2. The van der Waals surface area contributed by atoms with E-state index in [2.05, 4.69) is 32.0 Å². The zero-order valence-corrected chi connectivity index (χ0v) is 12.1. The monoisotopic (exact) mass is 290 g/mol. The van der Waals surface area contributed by atoms with E-state index >= 15 is 0 Å². The first-order valence-corrected chi connectivity index (χ1v) is 7.94. The lowest BCUT2D eigenvalue weighted by atomic mass is 10.0. The van der Waals surface area contributed by atoms with Crippen molar-refractivity contribution in [1.29, 1.82) is 0 Å². The molecule has 0 aliphatic carbocycles. The smallest absolute Gasteiger partial charge is 0.223 e. The molecule has 3 rings (SSSR count). The van der Waals surface area contributed by atoms with E-state index in [1.54, 1.807) is 11.3 Å². The van der Waals surface area contributed by atoms with Crippen LogP contribution in [-0.4, -0.2) is 32.5 Å². The van der Waals surface area contributed by atoms with E-state index in [-0.39, 0.29) is 11.9 Å². The van der Waals surface area contributed by atoms with Crippen molar-refractivity contribution < 1.29 is 4.79 Å². The molecule has 0 saturated carbocycles. The third-order valence-corrected chi connectivity index (χ3v) is 4.51. The number of aryl methyl sites for hydroxylation is 1. The number of carbonyl (C=O) groups excluding carboxylic acids is 1. The van der Waals surface area contributed by atoms with Gasteiger partial charge in [-0.3, -0.25) is 9.89 Å². The number of carbonyl (C=O) groups is 1. The van der Waals surface area contributed by atoms with Gasteiger partial charge in [0.25, 0.3) is 0 Å². The van der Waals surface area contributed by atoms with Gasteiger partial charge in [-0.25, -0.2) is 4.98 Å². The zero-order valence-electron chi connectivity index (χ0n) is 11.3. The molecule has 2 aromatic rings. The highest BCUT2D eigenvalue weighted by molar-refractivity contribution is 7.07. The first kappa shape index (κ1) is 13.3. The quantitative estimate of drug-likeness (QED) is 0.941. The molecule has 106 valence electrons. The van der Waals surface area contributed by atoms with E-state index < -0.39 is 0 Å². The Kier molecular flexibility index (Phi) is 4.11. The third kappa shape index (κ3) is 2.90. The fraction of sp³-hybridized carbons (Fsp3) is 0.500. The maximum Gasteiger partial charge on any atom is 0.223 e. The molecule has 0 unspecified atom stereocenters. The number of nitrogens with one attached hydrogen (secondary N) is 1. The van der Waals surface area contributed by atoms with Crippen molar-refractivity contribution >= 4 is 17.2 Å². The van der Waals surface area contributed by atoms with Gasteiger partial charge < -0.3 is 4.90 Å². The predicted molar refractivity (Wildman–Crippen MR) is 77.3 cm³/mol. The summed E-state index contributed by atoms with van der Waals surface area (Å²) in [5.41, 5.74) is 1.25. The lowest BCUT2D eigenvalue weighted by Gasteiger charge is -2.34. The molecule has 1 amide bonds. The molecular weight excluding hydrogens is 272 g/mol. The van der Waals surface area contributed by atoms with E-state index in [0.29, 0.717) is 6.42 Å². The Hall–Kier alpha value is -1.69. The maximum absolute atomic E-state index is 12.5. The molecule has 0 aromatic carbocycles. The Morgan fingerprint density at radius 2 is 2.45 bits per heavy atom. The molecule has 1 aliphatic rings. The minimum absolute atomic E-state index is 0.0706. The van der Waals surface area contributed by atoms with E-state index in [0.717, 1.165) is 38.1 Å². The summed E-state index contributed by atoms with van der Waals surface area (Å²) in [6.45, 7) is 0.827. The number of rotatable bonds is 4. The molecule has 20 heavy (non-hydrogen) atoms. The first-order valence-electron chi connectivity index (χ1n) is 7.00. The number of likely N-dealkylation sites (tertiary alicyclic amines) is 1. The zero-order chi connectivity index (χ0) is 13.8. The molecule has 1 saturated heterocycles. The number of aromatic amines is 1. The molecule has 1 atom stereocenters. The van der Waals surface area contributed by atoms with Gasteiger partial charge in [-0.15, -0.1) is 0 Å². The molecule has 0 spiro atoms. The molecular formula is C14H18N4OS. The van der Waals surface area contributed by atoms with Gasteiger partial charge >= 0.3 is 0 Å². The van der Waals surface area contributed by atoms with Crippen molar-refractivity contribution in [2.75, 3.05) is 6.54 Å². The van der Waals surface area contributed by atoms with Crippen molar-refractivity contribution in [2.24, 2.45) is 0 Å². The molecule has 0 radical (unpaired) electrons. The van der Waals surface area contributed by atoms with Crippen LogP contribution in [-0.2, 0) is 11.2 Å². The SMILES string of the molecule is O=C(CCc1ccsc1)N1CCCC[C@@H]1c1ncn[nH]1. The summed E-state index contributed by atoms with van der Waals surface area (Å²) >= 11 is 1.68. The second kappa shape index (κ2) is 6.17. The van der Waals surface area contributed by atoms with Gasteiger partial charge in [-0.05, 0) is 48.1 Å². The highest BCUT2D eigenvalue weighted by atomic mass is 32.1. The van der Waals surface area contributed by atoms with Gasteiger partial charge in [0.05, 0.1) is 6.04 Å². The van der Waals surface area contributed by atoms with Crippen molar-refractivity contribution in [3.8, 4) is 0 Å². The largest absolute Gasteiger partial charge is 0.332 e. The number of aromatic nitrogens is 3. The van der Waals surface area contributed by atoms with Gasteiger partial charge in [-0.2, -0.15) is 16.4 Å². The second-order valence-electron chi connectivity index (χ2n) is 5.10. The number of hydrogen-bond acceptors (Lipinski definition) is 4. The molecule has 5 nitrogen and oxygen atoms in total. The Balaban J connectivity index is 1.65. The molecule has 3 heterocycles. The van der Waals surface area contributed by atoms with Crippen LogP contribution in [0.4, 0.5) is 0 Å². The summed E-state index contributed by atoms with van der Waals surface area (Å²) in [5.74, 6) is 1.03. The number of H-pyrrole nitrogens is 1. The second-order valence-corrected chi connectivity index (χ2v) is 5.88. The van der Waals surface area contributed by atoms with Gasteiger partial charge in [0, 0.05) is 13.0 Å². The van der Waals surface area contributed by atoms with E-state index in [9.17, 15) is 4.79 Å². The third-order valence-electron chi connectivity index (χ3n) is 3.78. The fourth-order valence-corrected chi connectivity index (χ4v) is 3.42. The average molecular weight is 290 g/mol. The van der Waals surface area contributed by atoms with Crippen molar-refractivity contribution in [1.82, 2.24) is 20.1 Å². The Morgan fingerprint density at radius 3 is 3.20 bits per heavy atom. The van der Waals surface area contributed by atoms with Crippen molar-refractivity contribution in [3.63, 3.8) is 0 Å². The minimum atomic E-state index is 0.0706. The van der Waals surface area contributed by atoms with E-state index in [1.165, 1.54) is 11.9 Å². The first-order chi connectivity index (χ1) is 9.84. The molecule has 0 bridgehead atoms. The summed E-state index contributed by atoms with van der Waals surface area (Å²) in [6, 6.07) is 2.16. The summed E-state index contributed by atoms with van der Waals surface area (Å²) in [6.07, 6.45) is 6.09. The lowest BCUT2D eigenvalue weighted by Crippen LogP contribution is -2.39. The topological polar surface area (TPSA) is 61.9 Å². The van der Waals surface area contributed by atoms with E-state index in [4.69, 9.17) is 0 Å². The molecule has 2 aromatic heterocycles. The van der Waals surface area contributed by atoms with Gasteiger partial charge in [0.1, 0.15) is 12.2 Å². The van der Waals surface area contributed by atoms with Crippen LogP contribution in [0.15, 0.2) is 23.2 Å². The number of amides is 1. The number of hydrogen-bond donors (Lipinski definition) is 1. The summed E-state index contributed by atoms with van der Waals surface area (Å²) < 4.78 is 0. The van der Waals surface area contributed by atoms with Crippen LogP contribution in [0.5, 0.6) is 0 Å². The molecule has 1 aliphatic heterocycles. The van der Waals surface area contributed by atoms with Crippen molar-refractivity contribution in [3.05, 3.63) is 34.5 Å². The Bertz CT molecular complexity index is 538. The molecule has 6 heteroatoms. The van der Waals surface area contributed by atoms with Crippen LogP contribution in [0.1, 0.15) is 43.1 Å². The maximum atomic E-state index is 12.5. The van der Waals surface area contributed by atoms with Gasteiger partial charge in [0.15, 0.2) is 0 Å². The van der Waals surface area contributed by atoms with Gasteiger partial charge in [0.2, 0.25) is 5.91 Å². The van der Waals surface area contributed by atoms with Crippen LogP contribution >= 0.6 is 11.3 Å². The fourth-order valence-electron chi connectivity index (χ4n) is 2.72. The molecule has 1 N–H and O–H groups in total. The van der Waals surface area contributed by atoms with Crippen LogP contribution in [0.3, 0.4) is 0 Å². The Morgan fingerprint density at radius 1 is 1.50 bits per heavy atom. The minimum Gasteiger partial charge on any atom is -0.332 e. The Labute approximate surface area is 122 Å². The highest BCUT2D eigenvalue weighted by Crippen LogP contribution is 2.29.